The van der Waals surface area contributed by atoms with E-state index in [1.54, 1.807) is 21.3 Å². The summed E-state index contributed by atoms with van der Waals surface area (Å²) in [5.41, 5.74) is 3.22. The number of allylic oxidation sites excluding steroid dienone is 2. The highest BCUT2D eigenvalue weighted by molar-refractivity contribution is 6.02. The van der Waals surface area contributed by atoms with Gasteiger partial charge in [0.1, 0.15) is 5.75 Å². The summed E-state index contributed by atoms with van der Waals surface area (Å²) in [5, 5.41) is 2.96. The van der Waals surface area contributed by atoms with Crippen LogP contribution in [0.3, 0.4) is 0 Å². The maximum absolute atomic E-state index is 13.3. The molecule has 6 heteroatoms. The van der Waals surface area contributed by atoms with Gasteiger partial charge >= 0.3 is 0 Å². The number of amides is 1. The molecule has 0 radical (unpaired) electrons. The molecule has 4 rings (SSSR count). The van der Waals surface area contributed by atoms with Gasteiger partial charge < -0.3 is 19.5 Å². The second-order valence-corrected chi connectivity index (χ2v) is 7.58. The number of carbonyl (C=O) groups excluding carboxylic acids is 2. The summed E-state index contributed by atoms with van der Waals surface area (Å²) in [6, 6.07) is 13.3. The molecule has 0 saturated carbocycles. The minimum atomic E-state index is -0.349. The van der Waals surface area contributed by atoms with E-state index < -0.39 is 0 Å². The molecule has 1 amide bonds. The van der Waals surface area contributed by atoms with Gasteiger partial charge in [0.2, 0.25) is 5.91 Å². The van der Waals surface area contributed by atoms with E-state index in [0.29, 0.717) is 35.6 Å². The lowest BCUT2D eigenvalue weighted by molar-refractivity contribution is -0.122. The molecular formula is C24H25NO5. The Bertz CT molecular complexity index is 1030. The third-order valence-electron chi connectivity index (χ3n) is 5.91. The van der Waals surface area contributed by atoms with Gasteiger partial charge in [0, 0.05) is 35.6 Å². The van der Waals surface area contributed by atoms with Crippen molar-refractivity contribution in [3.05, 3.63) is 64.9 Å². The fourth-order valence-corrected chi connectivity index (χ4v) is 4.54. The molecule has 1 heterocycles. The number of ether oxygens (including phenoxy) is 3. The molecule has 2 unspecified atom stereocenters. The zero-order valence-corrected chi connectivity index (χ0v) is 17.4. The highest BCUT2D eigenvalue weighted by atomic mass is 16.5. The Morgan fingerprint density at radius 1 is 0.900 bits per heavy atom. The smallest absolute Gasteiger partial charge is 0.225 e. The maximum atomic E-state index is 13.3. The third-order valence-corrected chi connectivity index (χ3v) is 5.91. The molecule has 156 valence electrons. The summed E-state index contributed by atoms with van der Waals surface area (Å²) in [6.07, 6.45) is 1.20. The van der Waals surface area contributed by atoms with Crippen LogP contribution in [-0.4, -0.2) is 33.0 Å². The molecule has 0 aromatic heterocycles. The quantitative estimate of drug-likeness (QED) is 0.818. The van der Waals surface area contributed by atoms with Gasteiger partial charge in [-0.05, 0) is 36.1 Å². The Labute approximate surface area is 175 Å². The zero-order chi connectivity index (χ0) is 21.3. The molecule has 6 nitrogen and oxygen atoms in total. The molecule has 2 aliphatic rings. The average molecular weight is 407 g/mol. The lowest BCUT2D eigenvalue weighted by Crippen LogP contribution is -2.38. The molecule has 0 fully saturated rings. The maximum Gasteiger partial charge on any atom is 0.225 e. The van der Waals surface area contributed by atoms with Crippen molar-refractivity contribution >= 4 is 11.7 Å². The molecule has 2 aromatic rings. The summed E-state index contributed by atoms with van der Waals surface area (Å²) >= 11 is 0. The van der Waals surface area contributed by atoms with Crippen molar-refractivity contribution in [3.63, 3.8) is 0 Å². The lowest BCUT2D eigenvalue weighted by atomic mass is 9.73. The van der Waals surface area contributed by atoms with Gasteiger partial charge in [-0.25, -0.2) is 0 Å². The Hall–Kier alpha value is -3.28. The number of hydrogen-bond acceptors (Lipinski definition) is 5. The van der Waals surface area contributed by atoms with Crippen molar-refractivity contribution in [1.29, 1.82) is 0 Å². The van der Waals surface area contributed by atoms with Crippen molar-refractivity contribution in [2.45, 2.75) is 31.1 Å². The summed E-state index contributed by atoms with van der Waals surface area (Å²) in [5.74, 6) is 1.51. The Kier molecular flexibility index (Phi) is 5.48. The molecule has 1 aliphatic carbocycles. The van der Waals surface area contributed by atoms with Gasteiger partial charge in [0.05, 0.1) is 21.3 Å². The number of ketones is 1. The monoisotopic (exact) mass is 407 g/mol. The Morgan fingerprint density at radius 2 is 1.70 bits per heavy atom. The molecule has 30 heavy (non-hydrogen) atoms. The molecule has 1 N–H and O–H groups in total. The van der Waals surface area contributed by atoms with Gasteiger partial charge in [-0.2, -0.15) is 0 Å². The van der Waals surface area contributed by atoms with Gasteiger partial charge in [-0.15, -0.1) is 0 Å². The predicted octanol–water partition coefficient (Wildman–Crippen LogP) is 3.72. The van der Waals surface area contributed by atoms with E-state index in [4.69, 9.17) is 14.2 Å². The average Bonchev–Trinajstić information content (AvgIpc) is 2.77. The molecular weight excluding hydrogens is 382 g/mol. The van der Waals surface area contributed by atoms with Crippen molar-refractivity contribution in [3.8, 4) is 17.2 Å². The van der Waals surface area contributed by atoms with E-state index in [1.807, 2.05) is 42.5 Å². The number of Topliss-reactive ketones (excluding diaryl/α,β-unsaturated/α-hetero) is 1. The number of nitrogens with one attached hydrogen (secondary N) is 1. The van der Waals surface area contributed by atoms with Crippen LogP contribution in [0.1, 0.15) is 42.2 Å². The fourth-order valence-electron chi connectivity index (χ4n) is 4.54. The van der Waals surface area contributed by atoms with Crippen molar-refractivity contribution in [2.24, 2.45) is 0 Å². The van der Waals surface area contributed by atoms with Gasteiger partial charge in [0.15, 0.2) is 17.3 Å². The van der Waals surface area contributed by atoms with Crippen LogP contribution >= 0.6 is 0 Å². The normalized spacial score (nSPS) is 21.0. The van der Waals surface area contributed by atoms with E-state index >= 15 is 0 Å². The number of para-hydroxylation sites is 1. The molecule has 2 aromatic carbocycles. The van der Waals surface area contributed by atoms with Crippen LogP contribution in [0.15, 0.2) is 53.7 Å². The lowest BCUT2D eigenvalue weighted by Gasteiger charge is -2.35. The first-order chi connectivity index (χ1) is 14.5. The summed E-state index contributed by atoms with van der Waals surface area (Å²) in [6.45, 7) is 0. The molecule has 0 spiro atoms. The molecule has 2 atom stereocenters. The first-order valence-electron chi connectivity index (χ1n) is 9.96. The SMILES string of the molecule is COc1cccc(C2CC(=O)C3=C(C2)NC(=O)CC3c2cccc(OC)c2OC)c1. The highest BCUT2D eigenvalue weighted by Gasteiger charge is 2.39. The van der Waals surface area contributed by atoms with Crippen LogP contribution < -0.4 is 19.5 Å². The summed E-state index contributed by atoms with van der Waals surface area (Å²) < 4.78 is 16.3. The number of hydrogen-bond donors (Lipinski definition) is 1. The van der Waals surface area contributed by atoms with Gasteiger partial charge in [0.25, 0.3) is 0 Å². The Morgan fingerprint density at radius 3 is 2.43 bits per heavy atom. The topological polar surface area (TPSA) is 73.9 Å². The fraction of sp³-hybridized carbons (Fsp3) is 0.333. The Balaban J connectivity index is 1.75. The summed E-state index contributed by atoms with van der Waals surface area (Å²) in [7, 11) is 4.77. The predicted molar refractivity (Wildman–Crippen MR) is 112 cm³/mol. The first kappa shape index (κ1) is 20.0. The molecule has 0 bridgehead atoms. The standard InChI is InChI=1S/C24H25NO5/c1-28-16-7-4-6-14(10-16)15-11-19-23(20(26)12-15)18(13-22(27)25-19)17-8-5-9-21(29-2)24(17)30-3/h4-10,15,18H,11-13H2,1-3H3,(H,25,27). The van der Waals surface area contributed by atoms with Gasteiger partial charge in [-0.3, -0.25) is 9.59 Å². The molecule has 0 saturated heterocycles. The van der Waals surface area contributed by atoms with E-state index in [-0.39, 0.29) is 29.9 Å². The second kappa shape index (κ2) is 8.22. The number of carbonyl (C=O) groups is 2. The zero-order valence-electron chi connectivity index (χ0n) is 17.4. The minimum Gasteiger partial charge on any atom is -0.497 e. The van der Waals surface area contributed by atoms with Gasteiger partial charge in [-0.1, -0.05) is 24.3 Å². The van der Waals surface area contributed by atoms with Crippen molar-refractivity contribution < 1.29 is 23.8 Å². The van der Waals surface area contributed by atoms with Crippen molar-refractivity contribution in [2.75, 3.05) is 21.3 Å². The first-order valence-corrected chi connectivity index (χ1v) is 9.96. The number of rotatable bonds is 5. The van der Waals surface area contributed by atoms with E-state index in [2.05, 4.69) is 5.32 Å². The van der Waals surface area contributed by atoms with Crippen LogP contribution in [0, 0.1) is 0 Å². The van der Waals surface area contributed by atoms with Crippen LogP contribution in [0.5, 0.6) is 17.2 Å². The highest BCUT2D eigenvalue weighted by Crippen LogP contribution is 2.46. The van der Waals surface area contributed by atoms with E-state index in [9.17, 15) is 9.59 Å². The van der Waals surface area contributed by atoms with Crippen LogP contribution in [0.4, 0.5) is 0 Å². The van der Waals surface area contributed by atoms with E-state index in [1.165, 1.54) is 0 Å². The number of benzene rings is 2. The summed E-state index contributed by atoms with van der Waals surface area (Å²) in [4.78, 5) is 25.9. The van der Waals surface area contributed by atoms with E-state index in [0.717, 1.165) is 16.9 Å². The van der Waals surface area contributed by atoms with Crippen molar-refractivity contribution in [1.82, 2.24) is 5.32 Å². The third kappa shape index (κ3) is 3.54. The second-order valence-electron chi connectivity index (χ2n) is 7.58. The van der Waals surface area contributed by atoms with Crippen LogP contribution in [0.2, 0.25) is 0 Å². The number of methoxy groups -OCH3 is 3. The minimum absolute atomic E-state index is 0.00222. The van der Waals surface area contributed by atoms with Crippen LogP contribution in [0.25, 0.3) is 0 Å². The largest absolute Gasteiger partial charge is 0.497 e. The molecule has 1 aliphatic heterocycles. The van der Waals surface area contributed by atoms with Crippen LogP contribution in [-0.2, 0) is 9.59 Å².